The third-order valence-electron chi connectivity index (χ3n) is 3.09. The molecule has 3 aromatic rings. The Bertz CT molecular complexity index is 689. The van der Waals surface area contributed by atoms with E-state index in [0.29, 0.717) is 0 Å². The largest absolute Gasteiger partial charge is 0.342 e. The number of imidazole rings is 1. The number of fused-ring (bicyclic) bond motifs is 1. The first-order valence-corrected chi connectivity index (χ1v) is 5.86. The summed E-state index contributed by atoms with van der Waals surface area (Å²) in [6.07, 6.45) is 4.38. The van der Waals surface area contributed by atoms with Crippen molar-refractivity contribution in [2.24, 2.45) is 0 Å². The van der Waals surface area contributed by atoms with E-state index in [-0.39, 0.29) is 0 Å². The van der Waals surface area contributed by atoms with Gasteiger partial charge in [0.05, 0.1) is 11.0 Å². The second-order valence-corrected chi connectivity index (χ2v) is 4.40. The number of aromatic nitrogens is 3. The van der Waals surface area contributed by atoms with Gasteiger partial charge in [-0.15, -0.1) is 0 Å². The molecule has 0 bridgehead atoms. The molecule has 0 aliphatic rings. The molecule has 1 aromatic carbocycles. The van der Waals surface area contributed by atoms with Crippen molar-refractivity contribution in [2.45, 2.75) is 13.3 Å². The predicted molar refractivity (Wildman–Crippen MR) is 73.3 cm³/mol. The molecule has 0 atom stereocenters. The lowest BCUT2D eigenvalue weighted by molar-refractivity contribution is 1.02. The molecule has 2 radical (unpaired) electrons. The third-order valence-corrected chi connectivity index (χ3v) is 3.09. The first kappa shape index (κ1) is 11.0. The molecule has 0 spiro atoms. The zero-order valence-corrected chi connectivity index (χ0v) is 10.1. The van der Waals surface area contributed by atoms with Crippen LogP contribution in [0.3, 0.4) is 0 Å². The lowest BCUT2D eigenvalue weighted by Gasteiger charge is -1.98. The maximum atomic E-state index is 5.88. The monoisotopic (exact) mass is 233 g/mol. The van der Waals surface area contributed by atoms with Gasteiger partial charge in [-0.25, -0.2) is 4.98 Å². The maximum Gasteiger partial charge on any atom is 0.114 e. The van der Waals surface area contributed by atoms with Gasteiger partial charge in [-0.2, -0.15) is 0 Å². The van der Waals surface area contributed by atoms with E-state index in [2.05, 4.69) is 15.0 Å². The number of H-pyrrole nitrogens is 1. The van der Waals surface area contributed by atoms with Crippen LogP contribution in [0.25, 0.3) is 11.0 Å². The molecule has 0 saturated heterocycles. The van der Waals surface area contributed by atoms with E-state index >= 15 is 0 Å². The molecule has 3 nitrogen and oxygen atoms in total. The molecule has 18 heavy (non-hydrogen) atoms. The molecular formula is C14H12BN3. The Morgan fingerprint density at radius 2 is 2.17 bits per heavy atom. The highest BCUT2D eigenvalue weighted by molar-refractivity contribution is 6.34. The number of aryl methyl sites for hydroxylation is 1. The van der Waals surface area contributed by atoms with E-state index in [1.165, 1.54) is 0 Å². The van der Waals surface area contributed by atoms with Gasteiger partial charge in [0.1, 0.15) is 13.7 Å². The van der Waals surface area contributed by atoms with Crippen LogP contribution in [0, 0.1) is 6.92 Å². The minimum absolute atomic E-state index is 0.752. The van der Waals surface area contributed by atoms with E-state index in [1.807, 2.05) is 37.4 Å². The van der Waals surface area contributed by atoms with Gasteiger partial charge in [-0.3, -0.25) is 4.98 Å². The fraction of sp³-hybridized carbons (Fsp3) is 0.143. The molecule has 4 heteroatoms. The van der Waals surface area contributed by atoms with Crippen molar-refractivity contribution < 1.29 is 0 Å². The molecule has 2 aromatic heterocycles. The maximum absolute atomic E-state index is 5.88. The lowest BCUT2D eigenvalue weighted by Crippen LogP contribution is -2.06. The summed E-state index contributed by atoms with van der Waals surface area (Å²) in [7, 11) is 5.88. The SMILES string of the molecule is [B]c1ccc2[nH]c(Cc3cccnc3)nc2c1C. The molecule has 1 N–H and O–H groups in total. The van der Waals surface area contributed by atoms with Crippen LogP contribution >= 0.6 is 0 Å². The molecule has 0 saturated carbocycles. The van der Waals surface area contributed by atoms with Crippen LogP contribution in [0.5, 0.6) is 0 Å². The summed E-state index contributed by atoms with van der Waals surface area (Å²) in [5, 5.41) is 0. The van der Waals surface area contributed by atoms with Crippen LogP contribution in [0.1, 0.15) is 17.0 Å². The van der Waals surface area contributed by atoms with Crippen molar-refractivity contribution in [1.29, 1.82) is 0 Å². The lowest BCUT2D eigenvalue weighted by atomic mass is 9.91. The number of rotatable bonds is 2. The molecule has 0 amide bonds. The molecule has 0 aliphatic carbocycles. The zero-order valence-electron chi connectivity index (χ0n) is 10.1. The van der Waals surface area contributed by atoms with Gasteiger partial charge in [0, 0.05) is 18.8 Å². The van der Waals surface area contributed by atoms with Gasteiger partial charge >= 0.3 is 0 Å². The van der Waals surface area contributed by atoms with Crippen LogP contribution in [-0.2, 0) is 6.42 Å². The molecule has 0 aliphatic heterocycles. The second kappa shape index (κ2) is 4.29. The number of pyridine rings is 1. The molecular weight excluding hydrogens is 221 g/mol. The number of aromatic amines is 1. The standard InChI is InChI=1S/C14H12BN3/c1-9-11(15)4-5-12-14(9)18-13(17-12)7-10-3-2-6-16-8-10/h2-6,8H,7H2,1H3,(H,17,18). The number of nitrogens with zero attached hydrogens (tertiary/aromatic N) is 2. The Morgan fingerprint density at radius 3 is 2.94 bits per heavy atom. The second-order valence-electron chi connectivity index (χ2n) is 4.40. The highest BCUT2D eigenvalue weighted by Gasteiger charge is 2.07. The summed E-state index contributed by atoms with van der Waals surface area (Å²) < 4.78 is 0. The molecule has 2 heterocycles. The Kier molecular flexibility index (Phi) is 2.63. The summed E-state index contributed by atoms with van der Waals surface area (Å²) in [5.74, 6) is 0.937. The number of nitrogens with one attached hydrogen (secondary N) is 1. The summed E-state index contributed by atoms with van der Waals surface area (Å²) in [6.45, 7) is 1.99. The number of hydrogen-bond acceptors (Lipinski definition) is 2. The van der Waals surface area contributed by atoms with E-state index < -0.39 is 0 Å². The normalized spacial score (nSPS) is 10.9. The van der Waals surface area contributed by atoms with E-state index in [4.69, 9.17) is 7.85 Å². The Morgan fingerprint density at radius 1 is 1.28 bits per heavy atom. The van der Waals surface area contributed by atoms with Crippen LogP contribution in [0.4, 0.5) is 0 Å². The van der Waals surface area contributed by atoms with Crippen molar-refractivity contribution in [3.05, 3.63) is 53.6 Å². The Labute approximate surface area is 107 Å². The minimum Gasteiger partial charge on any atom is -0.342 e. The average molecular weight is 233 g/mol. The van der Waals surface area contributed by atoms with Gasteiger partial charge in [-0.1, -0.05) is 17.6 Å². The van der Waals surface area contributed by atoms with Crippen molar-refractivity contribution in [3.63, 3.8) is 0 Å². The Hall–Kier alpha value is -2.10. The first-order valence-electron chi connectivity index (χ1n) is 5.86. The van der Waals surface area contributed by atoms with E-state index in [1.54, 1.807) is 6.20 Å². The van der Waals surface area contributed by atoms with Crippen molar-refractivity contribution in [3.8, 4) is 0 Å². The van der Waals surface area contributed by atoms with Crippen LogP contribution in [0.15, 0.2) is 36.7 Å². The smallest absolute Gasteiger partial charge is 0.114 e. The summed E-state index contributed by atoms with van der Waals surface area (Å²) in [5.41, 5.74) is 4.93. The summed E-state index contributed by atoms with van der Waals surface area (Å²) in [4.78, 5) is 12.0. The van der Waals surface area contributed by atoms with Gasteiger partial charge in [-0.05, 0) is 30.2 Å². The van der Waals surface area contributed by atoms with Crippen molar-refractivity contribution in [1.82, 2.24) is 15.0 Å². The van der Waals surface area contributed by atoms with Crippen molar-refractivity contribution in [2.75, 3.05) is 0 Å². The Balaban J connectivity index is 2.02. The van der Waals surface area contributed by atoms with Gasteiger partial charge in [0.25, 0.3) is 0 Å². The highest BCUT2D eigenvalue weighted by atomic mass is 14.9. The first-order chi connectivity index (χ1) is 8.74. The molecule has 3 rings (SSSR count). The minimum atomic E-state index is 0.752. The van der Waals surface area contributed by atoms with Gasteiger partial charge in [0.15, 0.2) is 0 Å². The van der Waals surface area contributed by atoms with Crippen LogP contribution < -0.4 is 5.46 Å². The van der Waals surface area contributed by atoms with E-state index in [9.17, 15) is 0 Å². The average Bonchev–Trinajstić information content (AvgIpc) is 2.79. The summed E-state index contributed by atoms with van der Waals surface area (Å²) >= 11 is 0. The van der Waals surface area contributed by atoms with Gasteiger partial charge in [0.2, 0.25) is 0 Å². The topological polar surface area (TPSA) is 41.6 Å². The zero-order chi connectivity index (χ0) is 12.5. The fourth-order valence-electron chi connectivity index (χ4n) is 2.06. The third kappa shape index (κ3) is 1.90. The molecule has 0 unspecified atom stereocenters. The fourth-order valence-corrected chi connectivity index (χ4v) is 2.06. The van der Waals surface area contributed by atoms with Crippen molar-refractivity contribution >= 4 is 24.3 Å². The molecule has 86 valence electrons. The van der Waals surface area contributed by atoms with Crippen LogP contribution in [-0.4, -0.2) is 22.8 Å². The molecule has 0 fully saturated rings. The quantitative estimate of drug-likeness (QED) is 0.684. The van der Waals surface area contributed by atoms with E-state index in [0.717, 1.165) is 39.9 Å². The van der Waals surface area contributed by atoms with Crippen LogP contribution in [0.2, 0.25) is 0 Å². The van der Waals surface area contributed by atoms with Gasteiger partial charge < -0.3 is 4.98 Å². The highest BCUT2D eigenvalue weighted by Crippen LogP contribution is 2.15. The number of hydrogen-bond donors (Lipinski definition) is 1. The predicted octanol–water partition coefficient (Wildman–Crippen LogP) is 1.65. The number of benzene rings is 1. The summed E-state index contributed by atoms with van der Waals surface area (Å²) in [6, 6.07) is 7.85.